The largest absolute Gasteiger partial charge is 0.457 e. The molecule has 108 valence electrons. The van der Waals surface area contributed by atoms with Gasteiger partial charge in [-0.3, -0.25) is 10.1 Å². The van der Waals surface area contributed by atoms with Crippen molar-refractivity contribution in [2.24, 2.45) is 0 Å². The van der Waals surface area contributed by atoms with Crippen molar-refractivity contribution in [2.75, 3.05) is 0 Å². The standard InChI is InChI=1S/C14H9ClFNO4/c15-13-10(5-3-7-12(13)17(19)20)14(18)21-8-9-4-1-2-6-11(9)16/h1-7H,8H2. The fraction of sp³-hybridized carbons (Fsp3) is 0.0714. The molecule has 2 rings (SSSR count). The van der Waals surface area contributed by atoms with Crippen molar-refractivity contribution in [2.45, 2.75) is 6.61 Å². The van der Waals surface area contributed by atoms with E-state index in [4.69, 9.17) is 16.3 Å². The van der Waals surface area contributed by atoms with Crippen molar-refractivity contribution >= 4 is 23.3 Å². The van der Waals surface area contributed by atoms with Gasteiger partial charge >= 0.3 is 5.97 Å². The minimum Gasteiger partial charge on any atom is -0.457 e. The molecule has 21 heavy (non-hydrogen) atoms. The average Bonchev–Trinajstić information content (AvgIpc) is 2.46. The van der Waals surface area contributed by atoms with E-state index in [0.29, 0.717) is 0 Å². The molecule has 0 bridgehead atoms. The van der Waals surface area contributed by atoms with Gasteiger partial charge in [-0.2, -0.15) is 0 Å². The SMILES string of the molecule is O=C(OCc1ccccc1F)c1cccc([N+](=O)[O-])c1Cl. The van der Waals surface area contributed by atoms with E-state index in [2.05, 4.69) is 0 Å². The summed E-state index contributed by atoms with van der Waals surface area (Å²) in [5, 5.41) is 10.4. The number of hydrogen-bond donors (Lipinski definition) is 0. The average molecular weight is 310 g/mol. The van der Waals surface area contributed by atoms with E-state index in [1.165, 1.54) is 36.4 Å². The number of ether oxygens (including phenoxy) is 1. The predicted molar refractivity (Wildman–Crippen MR) is 73.6 cm³/mol. The smallest absolute Gasteiger partial charge is 0.340 e. The summed E-state index contributed by atoms with van der Waals surface area (Å²) in [6, 6.07) is 9.63. The summed E-state index contributed by atoms with van der Waals surface area (Å²) < 4.78 is 18.3. The Hall–Kier alpha value is -2.47. The van der Waals surface area contributed by atoms with Crippen LogP contribution in [0.15, 0.2) is 42.5 Å². The highest BCUT2D eigenvalue weighted by Crippen LogP contribution is 2.28. The Morgan fingerprint density at radius 2 is 1.95 bits per heavy atom. The lowest BCUT2D eigenvalue weighted by Gasteiger charge is -2.07. The number of nitro benzene ring substituents is 1. The van der Waals surface area contributed by atoms with Gasteiger partial charge in [0, 0.05) is 11.6 Å². The van der Waals surface area contributed by atoms with Gasteiger partial charge in [0.05, 0.1) is 10.5 Å². The second-order valence-electron chi connectivity index (χ2n) is 4.06. The summed E-state index contributed by atoms with van der Waals surface area (Å²) in [4.78, 5) is 21.9. The molecule has 0 saturated carbocycles. The Labute approximate surface area is 124 Å². The number of rotatable bonds is 4. The van der Waals surface area contributed by atoms with Gasteiger partial charge in [0.2, 0.25) is 0 Å². The number of nitrogens with zero attached hydrogens (tertiary/aromatic N) is 1. The lowest BCUT2D eigenvalue weighted by molar-refractivity contribution is -0.384. The van der Waals surface area contributed by atoms with Crippen molar-refractivity contribution in [3.8, 4) is 0 Å². The third-order valence-electron chi connectivity index (χ3n) is 2.71. The van der Waals surface area contributed by atoms with Crippen LogP contribution in [0.3, 0.4) is 0 Å². The molecule has 0 amide bonds. The topological polar surface area (TPSA) is 69.4 Å². The van der Waals surface area contributed by atoms with E-state index in [9.17, 15) is 19.3 Å². The van der Waals surface area contributed by atoms with Crippen LogP contribution in [-0.4, -0.2) is 10.9 Å². The van der Waals surface area contributed by atoms with E-state index in [0.717, 1.165) is 0 Å². The summed E-state index contributed by atoms with van der Waals surface area (Å²) in [5.41, 5.74) is -0.327. The maximum absolute atomic E-state index is 13.4. The fourth-order valence-electron chi connectivity index (χ4n) is 1.65. The lowest BCUT2D eigenvalue weighted by atomic mass is 10.2. The summed E-state index contributed by atoms with van der Waals surface area (Å²) in [6.45, 7) is -0.287. The van der Waals surface area contributed by atoms with Crippen LogP contribution in [0.2, 0.25) is 5.02 Å². The molecule has 0 heterocycles. The summed E-state index contributed by atoms with van der Waals surface area (Å²) in [6.07, 6.45) is 0. The Morgan fingerprint density at radius 3 is 2.62 bits per heavy atom. The van der Waals surface area contributed by atoms with Crippen molar-refractivity contribution < 1.29 is 18.8 Å². The second-order valence-corrected chi connectivity index (χ2v) is 4.44. The highest BCUT2D eigenvalue weighted by molar-refractivity contribution is 6.35. The second kappa shape index (κ2) is 6.32. The zero-order valence-electron chi connectivity index (χ0n) is 10.6. The monoisotopic (exact) mass is 309 g/mol. The number of carbonyl (C=O) groups excluding carboxylic acids is 1. The molecule has 0 aliphatic heterocycles. The van der Waals surface area contributed by atoms with Gasteiger partial charge in [-0.1, -0.05) is 35.9 Å². The van der Waals surface area contributed by atoms with Crippen LogP contribution < -0.4 is 0 Å². The van der Waals surface area contributed by atoms with Gasteiger partial charge in [0.15, 0.2) is 0 Å². The van der Waals surface area contributed by atoms with E-state index in [1.54, 1.807) is 6.07 Å². The lowest BCUT2D eigenvalue weighted by Crippen LogP contribution is -2.07. The first kappa shape index (κ1) is 14.9. The van der Waals surface area contributed by atoms with Crippen molar-refractivity contribution in [1.82, 2.24) is 0 Å². The van der Waals surface area contributed by atoms with Crippen LogP contribution >= 0.6 is 11.6 Å². The number of benzene rings is 2. The molecule has 0 saturated heterocycles. The van der Waals surface area contributed by atoms with Crippen molar-refractivity contribution in [3.05, 3.63) is 74.5 Å². The quantitative estimate of drug-likeness (QED) is 0.490. The fourth-order valence-corrected chi connectivity index (χ4v) is 1.93. The molecule has 0 unspecified atom stereocenters. The Morgan fingerprint density at radius 1 is 1.24 bits per heavy atom. The van der Waals surface area contributed by atoms with E-state index in [1.807, 2.05) is 0 Å². The molecule has 2 aromatic rings. The van der Waals surface area contributed by atoms with Gasteiger partial charge in [0.25, 0.3) is 5.69 Å². The first-order chi connectivity index (χ1) is 10.0. The van der Waals surface area contributed by atoms with Gasteiger partial charge in [-0.25, -0.2) is 9.18 Å². The highest BCUT2D eigenvalue weighted by atomic mass is 35.5. The molecule has 0 aliphatic carbocycles. The van der Waals surface area contributed by atoms with Crippen molar-refractivity contribution in [1.29, 1.82) is 0 Å². The van der Waals surface area contributed by atoms with Gasteiger partial charge in [-0.05, 0) is 12.1 Å². The molecule has 5 nitrogen and oxygen atoms in total. The van der Waals surface area contributed by atoms with Crippen LogP contribution in [0.4, 0.5) is 10.1 Å². The van der Waals surface area contributed by atoms with E-state index >= 15 is 0 Å². The number of carbonyl (C=O) groups is 1. The van der Waals surface area contributed by atoms with Crippen LogP contribution in [0, 0.1) is 15.9 Å². The summed E-state index contributed by atoms with van der Waals surface area (Å²) in [5.74, 6) is -1.36. The van der Waals surface area contributed by atoms with Crippen LogP contribution in [-0.2, 0) is 11.3 Å². The molecule has 7 heteroatoms. The molecule has 0 spiro atoms. The Bertz CT molecular complexity index is 705. The first-order valence-electron chi connectivity index (χ1n) is 5.84. The third kappa shape index (κ3) is 3.35. The van der Waals surface area contributed by atoms with E-state index < -0.39 is 22.4 Å². The third-order valence-corrected chi connectivity index (χ3v) is 3.11. The molecule has 0 aliphatic rings. The molecule has 0 aromatic heterocycles. The number of esters is 1. The van der Waals surface area contributed by atoms with Gasteiger partial charge in [-0.15, -0.1) is 0 Å². The summed E-state index contributed by atoms with van der Waals surface area (Å²) in [7, 11) is 0. The zero-order valence-corrected chi connectivity index (χ0v) is 11.3. The number of nitro groups is 1. The normalized spacial score (nSPS) is 10.2. The summed E-state index contributed by atoms with van der Waals surface area (Å²) >= 11 is 5.80. The predicted octanol–water partition coefficient (Wildman–Crippen LogP) is 3.74. The first-order valence-corrected chi connectivity index (χ1v) is 6.22. The van der Waals surface area contributed by atoms with Crippen molar-refractivity contribution in [3.63, 3.8) is 0 Å². The molecular weight excluding hydrogens is 301 g/mol. The van der Waals surface area contributed by atoms with Crippen LogP contribution in [0.5, 0.6) is 0 Å². The number of hydrogen-bond acceptors (Lipinski definition) is 4. The molecule has 0 fully saturated rings. The molecule has 0 radical (unpaired) electrons. The van der Waals surface area contributed by atoms with Crippen LogP contribution in [0.1, 0.15) is 15.9 Å². The maximum Gasteiger partial charge on any atom is 0.340 e. The number of halogens is 2. The van der Waals surface area contributed by atoms with Gasteiger partial charge < -0.3 is 4.74 Å². The molecule has 0 N–H and O–H groups in total. The van der Waals surface area contributed by atoms with E-state index in [-0.39, 0.29) is 22.8 Å². The molecule has 0 atom stereocenters. The Kier molecular flexibility index (Phi) is 4.49. The molecule has 2 aromatic carbocycles. The maximum atomic E-state index is 13.4. The molecular formula is C14H9ClFNO4. The zero-order chi connectivity index (χ0) is 15.4. The highest BCUT2D eigenvalue weighted by Gasteiger charge is 2.21. The van der Waals surface area contributed by atoms with Crippen LogP contribution in [0.25, 0.3) is 0 Å². The minimum atomic E-state index is -0.855. The minimum absolute atomic E-state index is 0.137. The Balaban J connectivity index is 2.16. The van der Waals surface area contributed by atoms with Gasteiger partial charge in [0.1, 0.15) is 17.4 Å².